The zero-order valence-electron chi connectivity index (χ0n) is 10.8. The number of rotatable bonds is 2. The molecule has 1 amide bonds. The molecule has 2 atom stereocenters. The first kappa shape index (κ1) is 11.7. The molecule has 2 aliphatic rings. The van der Waals surface area contributed by atoms with Crippen molar-refractivity contribution >= 4 is 5.91 Å². The number of piperidine rings is 1. The van der Waals surface area contributed by atoms with E-state index in [-0.39, 0.29) is 18.1 Å². The van der Waals surface area contributed by atoms with Crippen molar-refractivity contribution in [2.24, 2.45) is 0 Å². The Hall–Kier alpha value is -1.35. The minimum Gasteiger partial charge on any atom is -0.354 e. The highest BCUT2D eigenvalue weighted by atomic mass is 16.6. The molecule has 1 aromatic carbocycles. The predicted octanol–water partition coefficient (Wildman–Crippen LogP) is 2.45. The van der Waals surface area contributed by atoms with Crippen LogP contribution in [0.4, 0.5) is 0 Å². The van der Waals surface area contributed by atoms with Crippen molar-refractivity contribution < 1.29 is 9.53 Å². The molecular formula is C15H19NO2. The molecule has 3 rings (SSSR count). The quantitative estimate of drug-likeness (QED) is 0.750. The van der Waals surface area contributed by atoms with Gasteiger partial charge in [0.25, 0.3) is 5.91 Å². The highest BCUT2D eigenvalue weighted by Gasteiger charge is 2.47. The average Bonchev–Trinajstić information content (AvgIpc) is 3.20. The summed E-state index contributed by atoms with van der Waals surface area (Å²) in [5.74, 6) is 0.181. The number of carbonyl (C=O) groups is 1. The van der Waals surface area contributed by atoms with Gasteiger partial charge in [-0.15, -0.1) is 0 Å². The first-order valence-electron chi connectivity index (χ1n) is 6.76. The van der Waals surface area contributed by atoms with E-state index < -0.39 is 0 Å². The largest absolute Gasteiger partial charge is 0.354 e. The highest BCUT2D eigenvalue weighted by molar-refractivity contribution is 5.84. The van der Waals surface area contributed by atoms with Crippen LogP contribution in [0, 0.1) is 6.92 Å². The second-order valence-corrected chi connectivity index (χ2v) is 5.27. The van der Waals surface area contributed by atoms with Crippen molar-refractivity contribution in [2.75, 3.05) is 13.1 Å². The Bertz CT molecular complexity index is 434. The van der Waals surface area contributed by atoms with Gasteiger partial charge in [0.05, 0.1) is 0 Å². The van der Waals surface area contributed by atoms with Gasteiger partial charge in [-0.2, -0.15) is 0 Å². The summed E-state index contributed by atoms with van der Waals surface area (Å²) >= 11 is 0. The van der Waals surface area contributed by atoms with Crippen molar-refractivity contribution in [3.8, 4) is 0 Å². The van der Waals surface area contributed by atoms with E-state index in [0.29, 0.717) is 0 Å². The Labute approximate surface area is 108 Å². The van der Waals surface area contributed by atoms with Crippen LogP contribution in [0.5, 0.6) is 0 Å². The molecule has 0 N–H and O–H groups in total. The number of hydrogen-bond donors (Lipinski definition) is 0. The van der Waals surface area contributed by atoms with Gasteiger partial charge in [0.2, 0.25) is 0 Å². The van der Waals surface area contributed by atoms with Gasteiger partial charge in [-0.05, 0) is 31.7 Å². The highest BCUT2D eigenvalue weighted by Crippen LogP contribution is 2.40. The smallest absolute Gasteiger partial charge is 0.254 e. The lowest BCUT2D eigenvalue weighted by atomic mass is 10.1. The molecule has 0 spiro atoms. The summed E-state index contributed by atoms with van der Waals surface area (Å²) in [5.41, 5.74) is 2.36. The minimum absolute atomic E-state index is 0.0139. The molecule has 2 aliphatic heterocycles. The lowest BCUT2D eigenvalue weighted by Crippen LogP contribution is -2.38. The zero-order valence-corrected chi connectivity index (χ0v) is 10.8. The van der Waals surface area contributed by atoms with Crippen LogP contribution in [0.1, 0.15) is 36.5 Å². The van der Waals surface area contributed by atoms with E-state index in [0.717, 1.165) is 31.5 Å². The second kappa shape index (κ2) is 4.73. The second-order valence-electron chi connectivity index (χ2n) is 5.27. The molecule has 3 nitrogen and oxygen atoms in total. The first-order valence-corrected chi connectivity index (χ1v) is 6.76. The third-order valence-corrected chi connectivity index (χ3v) is 3.81. The summed E-state index contributed by atoms with van der Waals surface area (Å²) in [6.07, 6.45) is 3.27. The maximum Gasteiger partial charge on any atom is 0.254 e. The Morgan fingerprint density at radius 1 is 1.17 bits per heavy atom. The lowest BCUT2D eigenvalue weighted by Gasteiger charge is -2.26. The molecule has 2 saturated heterocycles. The minimum atomic E-state index is -0.231. The number of likely N-dealkylation sites (tertiary alicyclic amines) is 1. The van der Waals surface area contributed by atoms with E-state index >= 15 is 0 Å². The molecule has 0 aromatic heterocycles. The number of carbonyl (C=O) groups excluding carboxylic acids is 1. The van der Waals surface area contributed by atoms with Crippen LogP contribution in [-0.4, -0.2) is 30.0 Å². The van der Waals surface area contributed by atoms with Gasteiger partial charge < -0.3 is 9.64 Å². The van der Waals surface area contributed by atoms with Gasteiger partial charge in [0.1, 0.15) is 6.10 Å². The van der Waals surface area contributed by atoms with Crippen LogP contribution >= 0.6 is 0 Å². The molecular weight excluding hydrogens is 226 g/mol. The Kier molecular flexibility index (Phi) is 3.08. The standard InChI is InChI=1S/C15H19NO2/c1-11-5-7-12(8-6-11)13-14(18-13)15(17)16-9-3-2-4-10-16/h5-8,13-14H,2-4,9-10H2,1H3/t13-,14+/m0/s1. The van der Waals surface area contributed by atoms with Gasteiger partial charge in [0.15, 0.2) is 6.10 Å². The van der Waals surface area contributed by atoms with Gasteiger partial charge in [0, 0.05) is 13.1 Å². The number of aryl methyl sites for hydroxylation is 1. The maximum atomic E-state index is 12.2. The van der Waals surface area contributed by atoms with Crippen molar-refractivity contribution in [3.63, 3.8) is 0 Å². The van der Waals surface area contributed by atoms with Gasteiger partial charge in [-0.3, -0.25) is 4.79 Å². The summed E-state index contributed by atoms with van der Waals surface area (Å²) < 4.78 is 5.57. The van der Waals surface area contributed by atoms with E-state index in [9.17, 15) is 4.79 Å². The van der Waals surface area contributed by atoms with Crippen LogP contribution in [-0.2, 0) is 9.53 Å². The summed E-state index contributed by atoms with van der Waals surface area (Å²) in [6.45, 7) is 3.87. The molecule has 96 valence electrons. The third kappa shape index (κ3) is 2.27. The van der Waals surface area contributed by atoms with E-state index in [1.165, 1.54) is 12.0 Å². The van der Waals surface area contributed by atoms with E-state index in [1.807, 2.05) is 4.90 Å². The molecule has 1 aromatic rings. The molecule has 0 saturated carbocycles. The zero-order chi connectivity index (χ0) is 12.5. The van der Waals surface area contributed by atoms with E-state index in [4.69, 9.17) is 4.74 Å². The third-order valence-electron chi connectivity index (χ3n) is 3.81. The summed E-state index contributed by atoms with van der Waals surface area (Å²) in [6, 6.07) is 8.26. The molecule has 18 heavy (non-hydrogen) atoms. The van der Waals surface area contributed by atoms with Gasteiger partial charge in [-0.25, -0.2) is 0 Å². The van der Waals surface area contributed by atoms with E-state index in [2.05, 4.69) is 31.2 Å². The maximum absolute atomic E-state index is 12.2. The summed E-state index contributed by atoms with van der Waals surface area (Å²) in [5, 5.41) is 0. The van der Waals surface area contributed by atoms with Crippen LogP contribution < -0.4 is 0 Å². The SMILES string of the molecule is Cc1ccc([C@@H]2O[C@H]2C(=O)N2CCCCC2)cc1. The first-order chi connectivity index (χ1) is 8.75. The summed E-state index contributed by atoms with van der Waals surface area (Å²) in [4.78, 5) is 14.2. The molecule has 2 heterocycles. The van der Waals surface area contributed by atoms with Crippen molar-refractivity contribution in [1.29, 1.82) is 0 Å². The van der Waals surface area contributed by atoms with Crippen molar-refractivity contribution in [1.82, 2.24) is 4.90 Å². The van der Waals surface area contributed by atoms with Crippen LogP contribution in [0.15, 0.2) is 24.3 Å². The number of nitrogens with zero attached hydrogens (tertiary/aromatic N) is 1. The number of amides is 1. The number of ether oxygens (including phenoxy) is 1. The Morgan fingerprint density at radius 2 is 1.83 bits per heavy atom. The van der Waals surface area contributed by atoms with E-state index in [1.54, 1.807) is 0 Å². The number of epoxide rings is 1. The molecule has 0 unspecified atom stereocenters. The normalized spacial score (nSPS) is 27.1. The fraction of sp³-hybridized carbons (Fsp3) is 0.533. The number of benzene rings is 1. The fourth-order valence-electron chi connectivity index (χ4n) is 2.60. The average molecular weight is 245 g/mol. The summed E-state index contributed by atoms with van der Waals surface area (Å²) in [7, 11) is 0. The predicted molar refractivity (Wildman–Crippen MR) is 69.2 cm³/mol. The molecule has 0 bridgehead atoms. The van der Waals surface area contributed by atoms with Gasteiger partial charge in [-0.1, -0.05) is 29.8 Å². The lowest BCUT2D eigenvalue weighted by molar-refractivity contribution is -0.133. The molecule has 3 heteroatoms. The molecule has 0 aliphatic carbocycles. The molecule has 2 fully saturated rings. The van der Waals surface area contributed by atoms with Crippen molar-refractivity contribution in [2.45, 2.75) is 38.4 Å². The topological polar surface area (TPSA) is 32.8 Å². The monoisotopic (exact) mass is 245 g/mol. The molecule has 0 radical (unpaired) electrons. The van der Waals surface area contributed by atoms with Crippen LogP contribution in [0.2, 0.25) is 0 Å². The van der Waals surface area contributed by atoms with Crippen LogP contribution in [0.25, 0.3) is 0 Å². The van der Waals surface area contributed by atoms with Gasteiger partial charge >= 0.3 is 0 Å². The Morgan fingerprint density at radius 3 is 2.50 bits per heavy atom. The number of hydrogen-bond acceptors (Lipinski definition) is 2. The Balaban J connectivity index is 1.63. The van der Waals surface area contributed by atoms with Crippen LogP contribution in [0.3, 0.4) is 0 Å². The fourth-order valence-corrected chi connectivity index (χ4v) is 2.60. The van der Waals surface area contributed by atoms with Crippen molar-refractivity contribution in [3.05, 3.63) is 35.4 Å².